The van der Waals surface area contributed by atoms with Gasteiger partial charge in [-0.3, -0.25) is 4.79 Å². The third-order valence-electron chi connectivity index (χ3n) is 5.26. The van der Waals surface area contributed by atoms with Gasteiger partial charge in [-0.2, -0.15) is 0 Å². The van der Waals surface area contributed by atoms with Crippen molar-refractivity contribution in [3.63, 3.8) is 0 Å². The van der Waals surface area contributed by atoms with Crippen molar-refractivity contribution in [2.24, 2.45) is 0 Å². The first-order valence-corrected chi connectivity index (χ1v) is 11.7. The molecule has 0 saturated carbocycles. The zero-order chi connectivity index (χ0) is 22.2. The van der Waals surface area contributed by atoms with E-state index in [-0.39, 0.29) is 5.91 Å². The number of nitrogens with zero attached hydrogens (tertiary/aromatic N) is 2. The summed E-state index contributed by atoms with van der Waals surface area (Å²) in [5.41, 5.74) is 2.77. The van der Waals surface area contributed by atoms with Crippen LogP contribution < -0.4 is 10.1 Å². The van der Waals surface area contributed by atoms with Gasteiger partial charge in [0.05, 0.1) is 17.6 Å². The molecule has 0 bridgehead atoms. The SMILES string of the molecule is O=C(NCCc1nc2ccccc2n1CCCCOc1ccccc1)c1ccc(Br)cc1. The molecule has 0 aliphatic carbocycles. The van der Waals surface area contributed by atoms with Gasteiger partial charge >= 0.3 is 0 Å². The maximum Gasteiger partial charge on any atom is 0.251 e. The Kier molecular flexibility index (Phi) is 7.56. The lowest BCUT2D eigenvalue weighted by molar-refractivity contribution is 0.0954. The average Bonchev–Trinajstić information content (AvgIpc) is 3.17. The monoisotopic (exact) mass is 491 g/mol. The number of imidazole rings is 1. The summed E-state index contributed by atoms with van der Waals surface area (Å²) in [6.07, 6.45) is 2.63. The molecule has 4 rings (SSSR count). The van der Waals surface area contributed by atoms with E-state index in [2.05, 4.69) is 31.9 Å². The van der Waals surface area contributed by atoms with E-state index >= 15 is 0 Å². The minimum absolute atomic E-state index is 0.0711. The van der Waals surface area contributed by atoms with Crippen LogP contribution in [-0.4, -0.2) is 28.6 Å². The van der Waals surface area contributed by atoms with Crippen LogP contribution >= 0.6 is 15.9 Å². The summed E-state index contributed by atoms with van der Waals surface area (Å²) < 4.78 is 9.03. The summed E-state index contributed by atoms with van der Waals surface area (Å²) in [6, 6.07) is 25.5. The average molecular weight is 492 g/mol. The van der Waals surface area contributed by atoms with Crippen molar-refractivity contribution in [3.8, 4) is 5.75 Å². The number of aryl methyl sites for hydroxylation is 1. The molecule has 0 aliphatic heterocycles. The quantitative estimate of drug-likeness (QED) is 0.292. The first kappa shape index (κ1) is 22.1. The van der Waals surface area contributed by atoms with Gasteiger partial charge in [0.25, 0.3) is 5.91 Å². The summed E-state index contributed by atoms with van der Waals surface area (Å²) in [5.74, 6) is 1.83. The van der Waals surface area contributed by atoms with Crippen LogP contribution in [0.15, 0.2) is 83.3 Å². The van der Waals surface area contributed by atoms with E-state index in [1.807, 2.05) is 72.8 Å². The van der Waals surface area contributed by atoms with Gasteiger partial charge in [0, 0.05) is 29.5 Å². The fourth-order valence-corrected chi connectivity index (χ4v) is 3.90. The van der Waals surface area contributed by atoms with Crippen LogP contribution in [0.4, 0.5) is 0 Å². The fourth-order valence-electron chi connectivity index (χ4n) is 3.64. The van der Waals surface area contributed by atoms with Gasteiger partial charge < -0.3 is 14.6 Å². The number of amides is 1. The molecule has 0 unspecified atom stereocenters. The minimum Gasteiger partial charge on any atom is -0.494 e. The Morgan fingerprint density at radius 2 is 1.69 bits per heavy atom. The van der Waals surface area contributed by atoms with Crippen molar-refractivity contribution < 1.29 is 9.53 Å². The number of unbranched alkanes of at least 4 members (excludes halogenated alkanes) is 1. The number of ether oxygens (including phenoxy) is 1. The van der Waals surface area contributed by atoms with Crippen molar-refractivity contribution in [2.45, 2.75) is 25.8 Å². The summed E-state index contributed by atoms with van der Waals surface area (Å²) in [7, 11) is 0. The Labute approximate surface area is 196 Å². The van der Waals surface area contributed by atoms with Gasteiger partial charge in [0.15, 0.2) is 0 Å². The number of benzene rings is 3. The Morgan fingerprint density at radius 1 is 0.938 bits per heavy atom. The molecule has 4 aromatic rings. The van der Waals surface area contributed by atoms with Gasteiger partial charge in [-0.25, -0.2) is 4.98 Å². The molecule has 0 saturated heterocycles. The van der Waals surface area contributed by atoms with E-state index in [0.717, 1.165) is 46.5 Å². The maximum absolute atomic E-state index is 12.4. The Balaban J connectivity index is 1.33. The molecule has 0 radical (unpaired) electrons. The first-order chi connectivity index (χ1) is 15.7. The lowest BCUT2D eigenvalue weighted by Gasteiger charge is -2.11. The molecule has 5 nitrogen and oxygen atoms in total. The molecule has 164 valence electrons. The Bertz CT molecular complexity index is 1160. The topological polar surface area (TPSA) is 56.2 Å². The number of carbonyl (C=O) groups is 1. The maximum atomic E-state index is 12.4. The van der Waals surface area contributed by atoms with Crippen molar-refractivity contribution >= 4 is 32.9 Å². The number of rotatable bonds is 10. The number of hydrogen-bond donors (Lipinski definition) is 1. The van der Waals surface area contributed by atoms with Crippen LogP contribution in [0.2, 0.25) is 0 Å². The third-order valence-corrected chi connectivity index (χ3v) is 5.79. The van der Waals surface area contributed by atoms with Crippen LogP contribution in [0.1, 0.15) is 29.0 Å². The molecule has 3 aromatic carbocycles. The highest BCUT2D eigenvalue weighted by Gasteiger charge is 2.11. The van der Waals surface area contributed by atoms with Gasteiger partial charge in [0.2, 0.25) is 0 Å². The normalized spacial score (nSPS) is 10.9. The van der Waals surface area contributed by atoms with Gasteiger partial charge in [-0.15, -0.1) is 0 Å². The van der Waals surface area contributed by atoms with Crippen LogP contribution in [0.3, 0.4) is 0 Å². The number of aromatic nitrogens is 2. The number of halogens is 1. The number of carbonyl (C=O) groups excluding carboxylic acids is 1. The van der Waals surface area contributed by atoms with Gasteiger partial charge in [-0.1, -0.05) is 46.3 Å². The molecule has 0 atom stereocenters. The molecule has 0 spiro atoms. The molecule has 1 amide bonds. The van der Waals surface area contributed by atoms with Crippen molar-refractivity contribution in [1.29, 1.82) is 0 Å². The Hall–Kier alpha value is -3.12. The standard InChI is InChI=1S/C26H26BrN3O2/c27-21-14-12-20(13-15-21)26(31)28-17-16-25-29-23-10-4-5-11-24(23)30(25)18-6-7-19-32-22-8-2-1-3-9-22/h1-5,8-15H,6-7,16-19H2,(H,28,31). The summed E-state index contributed by atoms with van der Waals surface area (Å²) >= 11 is 3.39. The fraction of sp³-hybridized carbons (Fsp3) is 0.231. The van der Waals surface area contributed by atoms with E-state index in [1.54, 1.807) is 0 Å². The summed E-state index contributed by atoms with van der Waals surface area (Å²) in [6.45, 7) is 2.10. The van der Waals surface area contributed by atoms with Crippen molar-refractivity contribution in [3.05, 3.63) is 94.7 Å². The predicted octanol–water partition coefficient (Wildman–Crippen LogP) is 5.63. The molecule has 0 aliphatic rings. The molecule has 1 heterocycles. The second-order valence-electron chi connectivity index (χ2n) is 7.55. The molecular weight excluding hydrogens is 466 g/mol. The second-order valence-corrected chi connectivity index (χ2v) is 8.47. The van der Waals surface area contributed by atoms with E-state index in [4.69, 9.17) is 9.72 Å². The lowest BCUT2D eigenvalue weighted by atomic mass is 10.2. The third kappa shape index (κ3) is 5.77. The van der Waals surface area contributed by atoms with E-state index in [0.29, 0.717) is 25.1 Å². The first-order valence-electron chi connectivity index (χ1n) is 10.9. The minimum atomic E-state index is -0.0711. The number of nitrogens with one attached hydrogen (secondary N) is 1. The van der Waals surface area contributed by atoms with E-state index in [1.165, 1.54) is 0 Å². The number of fused-ring (bicyclic) bond motifs is 1. The zero-order valence-electron chi connectivity index (χ0n) is 17.8. The summed E-state index contributed by atoms with van der Waals surface area (Å²) in [4.78, 5) is 17.2. The van der Waals surface area contributed by atoms with Gasteiger partial charge in [-0.05, 0) is 61.4 Å². The molecule has 32 heavy (non-hydrogen) atoms. The van der Waals surface area contributed by atoms with Crippen LogP contribution in [0, 0.1) is 0 Å². The summed E-state index contributed by atoms with van der Waals surface area (Å²) in [5, 5.41) is 3.01. The zero-order valence-corrected chi connectivity index (χ0v) is 19.4. The van der Waals surface area contributed by atoms with E-state index < -0.39 is 0 Å². The largest absolute Gasteiger partial charge is 0.494 e. The van der Waals surface area contributed by atoms with Gasteiger partial charge in [0.1, 0.15) is 11.6 Å². The van der Waals surface area contributed by atoms with Crippen LogP contribution in [-0.2, 0) is 13.0 Å². The highest BCUT2D eigenvalue weighted by molar-refractivity contribution is 9.10. The second kappa shape index (κ2) is 11.0. The predicted molar refractivity (Wildman–Crippen MR) is 131 cm³/mol. The van der Waals surface area contributed by atoms with Crippen molar-refractivity contribution in [2.75, 3.05) is 13.2 Å². The lowest BCUT2D eigenvalue weighted by Crippen LogP contribution is -2.26. The highest BCUT2D eigenvalue weighted by Crippen LogP contribution is 2.18. The smallest absolute Gasteiger partial charge is 0.251 e. The number of hydrogen-bond acceptors (Lipinski definition) is 3. The Morgan fingerprint density at radius 3 is 2.50 bits per heavy atom. The number of para-hydroxylation sites is 3. The highest BCUT2D eigenvalue weighted by atomic mass is 79.9. The molecular formula is C26H26BrN3O2. The molecule has 1 aromatic heterocycles. The van der Waals surface area contributed by atoms with Crippen LogP contribution in [0.5, 0.6) is 5.75 Å². The van der Waals surface area contributed by atoms with E-state index in [9.17, 15) is 4.79 Å². The molecule has 6 heteroatoms. The molecule has 1 N–H and O–H groups in total. The molecule has 0 fully saturated rings. The van der Waals surface area contributed by atoms with Crippen molar-refractivity contribution in [1.82, 2.24) is 14.9 Å². The van der Waals surface area contributed by atoms with Crippen LogP contribution in [0.25, 0.3) is 11.0 Å².